The number of alkyl halides is 1. The van der Waals surface area contributed by atoms with Crippen LogP contribution in [0, 0.1) is 0 Å². The molecule has 0 saturated carbocycles. The van der Waals surface area contributed by atoms with Gasteiger partial charge in [0.15, 0.2) is 0 Å². The summed E-state index contributed by atoms with van der Waals surface area (Å²) in [6.07, 6.45) is 4.10. The van der Waals surface area contributed by atoms with E-state index < -0.39 is 10.2 Å². The van der Waals surface area contributed by atoms with Crippen molar-refractivity contribution in [3.05, 3.63) is 0 Å². The molecular formula is C11H23ClN2O3S. The quantitative estimate of drug-likeness (QED) is 0.694. The number of rotatable bonds is 6. The number of hydrogen-bond donors (Lipinski definition) is 0. The van der Waals surface area contributed by atoms with E-state index >= 15 is 0 Å². The molecule has 1 heterocycles. The first-order valence-corrected chi connectivity index (χ1v) is 8.16. The standard InChI is InChI=1S/C11H23ClN2O3S/c1-13(9-11(12)10-17-2)18(15,16)14-7-5-3-4-6-8-14/h11H,3-10H2,1-2H3. The molecule has 1 fully saturated rings. The van der Waals surface area contributed by atoms with Gasteiger partial charge in [0.2, 0.25) is 0 Å². The summed E-state index contributed by atoms with van der Waals surface area (Å²) in [7, 11) is -0.243. The van der Waals surface area contributed by atoms with Crippen molar-refractivity contribution in [3.63, 3.8) is 0 Å². The maximum atomic E-state index is 12.3. The Labute approximate surface area is 115 Å². The van der Waals surface area contributed by atoms with Crippen molar-refractivity contribution in [2.45, 2.75) is 31.1 Å². The SMILES string of the molecule is COCC(Cl)CN(C)S(=O)(=O)N1CCCCCC1. The van der Waals surface area contributed by atoms with E-state index in [4.69, 9.17) is 16.3 Å². The summed E-state index contributed by atoms with van der Waals surface area (Å²) in [5, 5.41) is -0.318. The van der Waals surface area contributed by atoms with Crippen LogP contribution in [0.1, 0.15) is 25.7 Å². The smallest absolute Gasteiger partial charge is 0.281 e. The van der Waals surface area contributed by atoms with Gasteiger partial charge < -0.3 is 4.74 Å². The van der Waals surface area contributed by atoms with E-state index in [1.54, 1.807) is 18.5 Å². The lowest BCUT2D eigenvalue weighted by Crippen LogP contribution is -2.44. The van der Waals surface area contributed by atoms with Crippen LogP contribution in [0.4, 0.5) is 0 Å². The molecule has 1 saturated heterocycles. The number of ether oxygens (including phenoxy) is 1. The monoisotopic (exact) mass is 298 g/mol. The summed E-state index contributed by atoms with van der Waals surface area (Å²) in [4.78, 5) is 0. The number of methoxy groups -OCH3 is 1. The van der Waals surface area contributed by atoms with Crippen LogP contribution in [0.3, 0.4) is 0 Å². The van der Waals surface area contributed by atoms with Crippen LogP contribution in [-0.2, 0) is 14.9 Å². The zero-order chi connectivity index (χ0) is 13.6. The third-order valence-electron chi connectivity index (χ3n) is 3.09. The van der Waals surface area contributed by atoms with Gasteiger partial charge in [-0.25, -0.2) is 0 Å². The van der Waals surface area contributed by atoms with Crippen molar-refractivity contribution >= 4 is 21.8 Å². The molecular weight excluding hydrogens is 276 g/mol. The molecule has 1 rings (SSSR count). The van der Waals surface area contributed by atoms with Gasteiger partial charge in [0, 0.05) is 33.8 Å². The molecule has 0 spiro atoms. The lowest BCUT2D eigenvalue weighted by molar-refractivity contribution is 0.191. The Kier molecular flexibility index (Phi) is 6.87. The van der Waals surface area contributed by atoms with Gasteiger partial charge >= 0.3 is 0 Å². The molecule has 18 heavy (non-hydrogen) atoms. The topological polar surface area (TPSA) is 49.9 Å². The normalized spacial score (nSPS) is 20.9. The highest BCUT2D eigenvalue weighted by Gasteiger charge is 2.28. The van der Waals surface area contributed by atoms with Crippen LogP contribution >= 0.6 is 11.6 Å². The Morgan fingerprint density at radius 3 is 2.33 bits per heavy atom. The van der Waals surface area contributed by atoms with Crippen molar-refractivity contribution in [1.29, 1.82) is 0 Å². The second-order valence-electron chi connectivity index (χ2n) is 4.65. The van der Waals surface area contributed by atoms with Gasteiger partial charge in [0.25, 0.3) is 10.2 Å². The fraction of sp³-hybridized carbons (Fsp3) is 1.00. The summed E-state index contributed by atoms with van der Waals surface area (Å²) in [5.41, 5.74) is 0. The summed E-state index contributed by atoms with van der Waals surface area (Å²) in [5.74, 6) is 0. The predicted molar refractivity (Wildman–Crippen MR) is 73.1 cm³/mol. The van der Waals surface area contributed by atoms with Crippen molar-refractivity contribution in [2.75, 3.05) is 40.4 Å². The predicted octanol–water partition coefficient (Wildman–Crippen LogP) is 1.29. The van der Waals surface area contributed by atoms with E-state index in [0.29, 0.717) is 19.7 Å². The lowest BCUT2D eigenvalue weighted by Gasteiger charge is -2.27. The Morgan fingerprint density at radius 1 is 1.28 bits per heavy atom. The van der Waals surface area contributed by atoms with Gasteiger partial charge in [-0.3, -0.25) is 0 Å². The van der Waals surface area contributed by atoms with Crippen molar-refractivity contribution in [3.8, 4) is 0 Å². The maximum absolute atomic E-state index is 12.3. The molecule has 0 bridgehead atoms. The molecule has 0 aromatic carbocycles. The Balaban J connectivity index is 2.60. The van der Waals surface area contributed by atoms with E-state index in [0.717, 1.165) is 25.7 Å². The molecule has 7 heteroatoms. The van der Waals surface area contributed by atoms with Crippen LogP contribution in [0.2, 0.25) is 0 Å². The number of hydrogen-bond acceptors (Lipinski definition) is 3. The van der Waals surface area contributed by atoms with Crippen LogP contribution in [0.15, 0.2) is 0 Å². The van der Waals surface area contributed by atoms with Crippen LogP contribution in [0.5, 0.6) is 0 Å². The van der Waals surface area contributed by atoms with Gasteiger partial charge in [-0.1, -0.05) is 12.8 Å². The first-order valence-electron chi connectivity index (χ1n) is 6.33. The molecule has 0 aromatic heterocycles. The fourth-order valence-electron chi connectivity index (χ4n) is 2.08. The average Bonchev–Trinajstić information content (AvgIpc) is 2.57. The highest BCUT2D eigenvalue weighted by atomic mass is 35.5. The largest absolute Gasteiger partial charge is 0.383 e. The molecule has 0 aromatic rings. The zero-order valence-electron chi connectivity index (χ0n) is 11.1. The van der Waals surface area contributed by atoms with E-state index in [-0.39, 0.29) is 11.9 Å². The van der Waals surface area contributed by atoms with E-state index in [1.807, 2.05) is 0 Å². The highest BCUT2D eigenvalue weighted by Crippen LogP contribution is 2.16. The molecule has 1 unspecified atom stereocenters. The highest BCUT2D eigenvalue weighted by molar-refractivity contribution is 7.86. The summed E-state index contributed by atoms with van der Waals surface area (Å²) >= 11 is 6.00. The third-order valence-corrected chi connectivity index (χ3v) is 5.31. The molecule has 1 aliphatic rings. The molecule has 0 radical (unpaired) electrons. The first kappa shape index (κ1) is 16.2. The Morgan fingerprint density at radius 2 is 1.83 bits per heavy atom. The summed E-state index contributed by atoms with van der Waals surface area (Å²) in [6.45, 7) is 1.85. The van der Waals surface area contributed by atoms with Gasteiger partial charge in [-0.2, -0.15) is 17.0 Å². The van der Waals surface area contributed by atoms with E-state index in [1.165, 1.54) is 4.31 Å². The van der Waals surface area contributed by atoms with E-state index in [9.17, 15) is 8.42 Å². The molecule has 1 atom stereocenters. The van der Waals surface area contributed by atoms with E-state index in [2.05, 4.69) is 0 Å². The minimum atomic E-state index is -3.37. The summed E-state index contributed by atoms with van der Waals surface area (Å²) < 4.78 is 32.5. The second kappa shape index (κ2) is 7.65. The molecule has 0 aliphatic carbocycles. The molecule has 0 amide bonds. The molecule has 0 N–H and O–H groups in total. The van der Waals surface area contributed by atoms with Crippen LogP contribution < -0.4 is 0 Å². The number of nitrogens with zero attached hydrogens (tertiary/aromatic N) is 2. The number of halogens is 1. The Bertz CT molecular complexity index is 329. The average molecular weight is 299 g/mol. The van der Waals surface area contributed by atoms with Crippen molar-refractivity contribution in [2.24, 2.45) is 0 Å². The van der Waals surface area contributed by atoms with Crippen molar-refractivity contribution in [1.82, 2.24) is 8.61 Å². The molecule has 5 nitrogen and oxygen atoms in total. The fourth-order valence-corrected chi connectivity index (χ4v) is 3.97. The lowest BCUT2D eigenvalue weighted by atomic mass is 10.2. The molecule has 1 aliphatic heterocycles. The van der Waals surface area contributed by atoms with Crippen molar-refractivity contribution < 1.29 is 13.2 Å². The minimum absolute atomic E-state index is 0.272. The summed E-state index contributed by atoms with van der Waals surface area (Å²) in [6, 6.07) is 0. The molecule has 108 valence electrons. The second-order valence-corrected chi connectivity index (χ2v) is 7.31. The third kappa shape index (κ3) is 4.66. The minimum Gasteiger partial charge on any atom is -0.383 e. The first-order chi connectivity index (χ1) is 8.48. The van der Waals surface area contributed by atoms with Gasteiger partial charge in [0.05, 0.1) is 12.0 Å². The van der Waals surface area contributed by atoms with Gasteiger partial charge in [-0.05, 0) is 12.8 Å². The van der Waals surface area contributed by atoms with Crippen LogP contribution in [-0.4, -0.2) is 62.8 Å². The maximum Gasteiger partial charge on any atom is 0.281 e. The van der Waals surface area contributed by atoms with Crippen LogP contribution in [0.25, 0.3) is 0 Å². The van der Waals surface area contributed by atoms with Gasteiger partial charge in [0.1, 0.15) is 0 Å². The van der Waals surface area contributed by atoms with Gasteiger partial charge in [-0.15, -0.1) is 11.6 Å². The zero-order valence-corrected chi connectivity index (χ0v) is 12.7. The Hall–Kier alpha value is 0.120.